The maximum Gasteiger partial charge on any atom is 0.269 e. The van der Waals surface area contributed by atoms with Crippen molar-refractivity contribution >= 4 is 22.9 Å². The van der Waals surface area contributed by atoms with Crippen molar-refractivity contribution in [1.82, 2.24) is 5.32 Å². The van der Waals surface area contributed by atoms with Crippen LogP contribution in [0.3, 0.4) is 0 Å². The molecule has 0 fully saturated rings. The van der Waals surface area contributed by atoms with Crippen molar-refractivity contribution in [2.24, 2.45) is 0 Å². The number of hydrogen-bond acceptors (Lipinski definition) is 5. The summed E-state index contributed by atoms with van der Waals surface area (Å²) in [4.78, 5) is 23.5. The summed E-state index contributed by atoms with van der Waals surface area (Å²) in [5, 5.41) is 15.6. The number of benzene rings is 2. The molecule has 1 aromatic heterocycles. The first-order valence-corrected chi connectivity index (χ1v) is 8.76. The molecule has 132 valence electrons. The summed E-state index contributed by atoms with van der Waals surface area (Å²) in [6.07, 6.45) is 0. The van der Waals surface area contributed by atoms with Crippen LogP contribution >= 0.6 is 11.3 Å². The normalized spacial score (nSPS) is 11.5. The van der Waals surface area contributed by atoms with Crippen molar-refractivity contribution in [2.45, 2.75) is 6.04 Å². The molecule has 0 aliphatic carbocycles. The number of hydrogen-bond donors (Lipinski definition) is 1. The first-order valence-electron chi connectivity index (χ1n) is 7.88. The first-order chi connectivity index (χ1) is 12.6. The van der Waals surface area contributed by atoms with Crippen LogP contribution in [-0.4, -0.2) is 17.4 Å². The van der Waals surface area contributed by atoms with E-state index >= 15 is 0 Å². The second-order valence-corrected chi connectivity index (χ2v) is 6.45. The molecule has 0 saturated carbocycles. The van der Waals surface area contributed by atoms with Crippen LogP contribution in [0.1, 0.15) is 16.5 Å². The molecule has 0 radical (unpaired) electrons. The van der Waals surface area contributed by atoms with E-state index in [0.29, 0.717) is 5.75 Å². The van der Waals surface area contributed by atoms with Gasteiger partial charge in [0.25, 0.3) is 11.6 Å². The third-order valence-corrected chi connectivity index (χ3v) is 4.62. The fourth-order valence-corrected chi connectivity index (χ4v) is 3.24. The van der Waals surface area contributed by atoms with Gasteiger partial charge in [-0.2, -0.15) is 0 Å². The number of non-ortho nitro benzene ring substituents is 1. The quantitative estimate of drug-likeness (QED) is 0.506. The van der Waals surface area contributed by atoms with Crippen LogP contribution in [0.4, 0.5) is 5.69 Å². The van der Waals surface area contributed by atoms with E-state index in [1.54, 1.807) is 11.3 Å². The summed E-state index contributed by atoms with van der Waals surface area (Å²) in [6.45, 7) is -0.174. The van der Waals surface area contributed by atoms with Crippen molar-refractivity contribution in [3.8, 4) is 5.75 Å². The van der Waals surface area contributed by atoms with Gasteiger partial charge in [0.1, 0.15) is 5.75 Å². The van der Waals surface area contributed by atoms with Crippen LogP contribution < -0.4 is 10.1 Å². The molecule has 2 aromatic carbocycles. The monoisotopic (exact) mass is 368 g/mol. The molecule has 26 heavy (non-hydrogen) atoms. The van der Waals surface area contributed by atoms with Gasteiger partial charge in [-0.25, -0.2) is 0 Å². The molecule has 0 aliphatic rings. The van der Waals surface area contributed by atoms with Gasteiger partial charge in [0, 0.05) is 17.0 Å². The summed E-state index contributed by atoms with van der Waals surface area (Å²) < 4.78 is 5.43. The molecule has 1 unspecified atom stereocenters. The lowest BCUT2D eigenvalue weighted by Gasteiger charge is -2.18. The van der Waals surface area contributed by atoms with Crippen molar-refractivity contribution in [2.75, 3.05) is 6.61 Å². The molecule has 7 heteroatoms. The Morgan fingerprint density at radius 3 is 2.42 bits per heavy atom. The average Bonchev–Trinajstić information content (AvgIpc) is 3.20. The molecular weight excluding hydrogens is 352 g/mol. The molecule has 6 nitrogen and oxygen atoms in total. The largest absolute Gasteiger partial charge is 0.484 e. The Hall–Kier alpha value is -3.19. The number of nitrogens with zero attached hydrogens (tertiary/aromatic N) is 1. The minimum Gasteiger partial charge on any atom is -0.484 e. The Bertz CT molecular complexity index is 864. The van der Waals surface area contributed by atoms with Gasteiger partial charge in [-0.3, -0.25) is 14.9 Å². The van der Waals surface area contributed by atoms with E-state index in [2.05, 4.69) is 5.32 Å². The average molecular weight is 368 g/mol. The molecule has 1 N–H and O–H groups in total. The summed E-state index contributed by atoms with van der Waals surface area (Å²) in [7, 11) is 0. The summed E-state index contributed by atoms with van der Waals surface area (Å²) in [5.74, 6) is 0.128. The number of carbonyl (C=O) groups is 1. The summed E-state index contributed by atoms with van der Waals surface area (Å²) in [6, 6.07) is 19.0. The fraction of sp³-hybridized carbons (Fsp3) is 0.105. The Labute approximate surface area is 154 Å². The zero-order chi connectivity index (χ0) is 18.4. The van der Waals surface area contributed by atoms with Crippen LogP contribution in [0.5, 0.6) is 5.75 Å². The number of amides is 1. The van der Waals surface area contributed by atoms with Gasteiger partial charge >= 0.3 is 0 Å². The minimum atomic E-state index is -0.484. The van der Waals surface area contributed by atoms with E-state index < -0.39 is 4.92 Å². The third-order valence-electron chi connectivity index (χ3n) is 3.68. The van der Waals surface area contributed by atoms with Gasteiger partial charge in [0.2, 0.25) is 0 Å². The zero-order valence-corrected chi connectivity index (χ0v) is 14.5. The second-order valence-electron chi connectivity index (χ2n) is 5.47. The molecule has 0 bridgehead atoms. The molecule has 1 atom stereocenters. The molecule has 1 heterocycles. The van der Waals surface area contributed by atoms with Gasteiger partial charge in [-0.05, 0) is 29.1 Å². The van der Waals surface area contributed by atoms with Gasteiger partial charge < -0.3 is 10.1 Å². The Morgan fingerprint density at radius 2 is 1.81 bits per heavy atom. The molecule has 0 saturated heterocycles. The maximum atomic E-state index is 12.3. The molecule has 1 amide bonds. The van der Waals surface area contributed by atoms with E-state index in [1.807, 2.05) is 47.8 Å². The lowest BCUT2D eigenvalue weighted by Crippen LogP contribution is -2.32. The zero-order valence-electron chi connectivity index (χ0n) is 13.7. The lowest BCUT2D eigenvalue weighted by atomic mass is 10.1. The van der Waals surface area contributed by atoms with Gasteiger partial charge in [0.05, 0.1) is 11.0 Å². The predicted octanol–water partition coefficient (Wildman–Crippen LogP) is 3.94. The summed E-state index contributed by atoms with van der Waals surface area (Å²) >= 11 is 1.57. The maximum absolute atomic E-state index is 12.3. The molecular formula is C19H16N2O4S. The smallest absolute Gasteiger partial charge is 0.269 e. The Morgan fingerprint density at radius 1 is 1.08 bits per heavy atom. The van der Waals surface area contributed by atoms with E-state index in [-0.39, 0.29) is 24.2 Å². The minimum absolute atomic E-state index is 0.0244. The predicted molar refractivity (Wildman–Crippen MR) is 99.3 cm³/mol. The van der Waals surface area contributed by atoms with E-state index in [4.69, 9.17) is 4.74 Å². The number of rotatable bonds is 7. The molecule has 3 aromatic rings. The Kier molecular flexibility index (Phi) is 5.60. The number of ether oxygens (including phenoxy) is 1. The first kappa shape index (κ1) is 17.6. The molecule has 3 rings (SSSR count). The van der Waals surface area contributed by atoms with E-state index in [9.17, 15) is 14.9 Å². The summed E-state index contributed by atoms with van der Waals surface area (Å²) in [5.41, 5.74) is 0.960. The van der Waals surface area contributed by atoms with Crippen molar-refractivity contribution < 1.29 is 14.5 Å². The van der Waals surface area contributed by atoms with Crippen molar-refractivity contribution in [3.05, 3.63) is 92.7 Å². The van der Waals surface area contributed by atoms with Crippen molar-refractivity contribution in [3.63, 3.8) is 0 Å². The van der Waals surface area contributed by atoms with Crippen LogP contribution in [0.25, 0.3) is 0 Å². The third kappa shape index (κ3) is 4.46. The second kappa shape index (κ2) is 8.26. The topological polar surface area (TPSA) is 81.5 Å². The standard InChI is InChI=1S/C19H16N2O4S/c22-18(13-25-16-10-8-15(9-11-16)21(23)24)20-19(17-7-4-12-26-17)14-5-2-1-3-6-14/h1-12,19H,13H2,(H,20,22). The number of thiophene rings is 1. The number of nitrogens with one attached hydrogen (secondary N) is 1. The SMILES string of the molecule is O=C(COc1ccc([N+](=O)[O-])cc1)NC(c1ccccc1)c1cccs1. The number of nitro benzene ring substituents is 1. The highest BCUT2D eigenvalue weighted by molar-refractivity contribution is 7.10. The van der Waals surface area contributed by atoms with E-state index in [1.165, 1.54) is 24.3 Å². The van der Waals surface area contributed by atoms with Gasteiger partial charge in [-0.1, -0.05) is 36.4 Å². The highest BCUT2D eigenvalue weighted by atomic mass is 32.1. The van der Waals surface area contributed by atoms with Crippen LogP contribution in [0.15, 0.2) is 72.1 Å². The molecule has 0 spiro atoms. The van der Waals surface area contributed by atoms with Crippen LogP contribution in [0, 0.1) is 10.1 Å². The molecule has 0 aliphatic heterocycles. The lowest BCUT2D eigenvalue weighted by molar-refractivity contribution is -0.384. The highest BCUT2D eigenvalue weighted by Crippen LogP contribution is 2.26. The number of carbonyl (C=O) groups excluding carboxylic acids is 1. The van der Waals surface area contributed by atoms with Crippen LogP contribution in [-0.2, 0) is 4.79 Å². The number of nitro groups is 1. The van der Waals surface area contributed by atoms with Gasteiger partial charge in [0.15, 0.2) is 6.61 Å². The Balaban J connectivity index is 1.64. The van der Waals surface area contributed by atoms with Crippen molar-refractivity contribution in [1.29, 1.82) is 0 Å². The van der Waals surface area contributed by atoms with Gasteiger partial charge in [-0.15, -0.1) is 11.3 Å². The van der Waals surface area contributed by atoms with Crippen LogP contribution in [0.2, 0.25) is 0 Å². The fourth-order valence-electron chi connectivity index (χ4n) is 2.44. The highest BCUT2D eigenvalue weighted by Gasteiger charge is 2.18. The van der Waals surface area contributed by atoms with E-state index in [0.717, 1.165) is 10.4 Å².